The van der Waals surface area contributed by atoms with E-state index in [4.69, 9.17) is 0 Å². The molecule has 1 fully saturated rings. The summed E-state index contributed by atoms with van der Waals surface area (Å²) >= 11 is 0. The van der Waals surface area contributed by atoms with E-state index in [0.717, 1.165) is 25.6 Å². The molecule has 2 N–H and O–H groups in total. The Morgan fingerprint density at radius 1 is 1.24 bits per heavy atom. The first-order valence-corrected chi connectivity index (χ1v) is 6.80. The summed E-state index contributed by atoms with van der Waals surface area (Å²) in [4.78, 5) is 0. The maximum Gasteiger partial charge on any atom is 0.0143 e. The summed E-state index contributed by atoms with van der Waals surface area (Å²) < 4.78 is 0. The first kappa shape index (κ1) is 12.6. The van der Waals surface area contributed by atoms with Crippen LogP contribution in [0.5, 0.6) is 0 Å². The summed E-state index contributed by atoms with van der Waals surface area (Å²) in [5, 5.41) is 7.07. The highest BCUT2D eigenvalue weighted by Crippen LogP contribution is 2.40. The summed E-state index contributed by atoms with van der Waals surface area (Å²) in [5.74, 6) is 1.47. The van der Waals surface area contributed by atoms with Crippen LogP contribution in [0.2, 0.25) is 0 Å². The Kier molecular flexibility index (Phi) is 4.57. The lowest BCUT2D eigenvalue weighted by Gasteiger charge is -2.12. The summed E-state index contributed by atoms with van der Waals surface area (Å²) in [6.45, 7) is 7.77. The Morgan fingerprint density at radius 3 is 2.71 bits per heavy atom. The average molecular weight is 232 g/mol. The van der Waals surface area contributed by atoms with Crippen LogP contribution in [0, 0.1) is 5.92 Å². The Balaban J connectivity index is 1.67. The van der Waals surface area contributed by atoms with Crippen LogP contribution < -0.4 is 10.6 Å². The maximum atomic E-state index is 3.67. The van der Waals surface area contributed by atoms with Gasteiger partial charge in [0.25, 0.3) is 0 Å². The van der Waals surface area contributed by atoms with E-state index in [-0.39, 0.29) is 0 Å². The lowest BCUT2D eigenvalue weighted by Crippen LogP contribution is -2.31. The van der Waals surface area contributed by atoms with Crippen LogP contribution in [-0.4, -0.2) is 25.7 Å². The number of benzene rings is 1. The first-order chi connectivity index (χ1) is 8.31. The van der Waals surface area contributed by atoms with Crippen molar-refractivity contribution in [3.8, 4) is 0 Å². The second kappa shape index (κ2) is 6.18. The molecule has 2 rings (SSSR count). The fraction of sp³-hybridized carbons (Fsp3) is 0.600. The van der Waals surface area contributed by atoms with Gasteiger partial charge in [-0.05, 0) is 37.5 Å². The van der Waals surface area contributed by atoms with E-state index in [1.807, 2.05) is 0 Å². The molecular formula is C15H24N2. The third-order valence-electron chi connectivity index (χ3n) is 3.49. The molecule has 1 aliphatic carbocycles. The Morgan fingerprint density at radius 2 is 2.00 bits per heavy atom. The summed E-state index contributed by atoms with van der Waals surface area (Å²) in [6, 6.07) is 11.6. The molecule has 0 radical (unpaired) electrons. The fourth-order valence-corrected chi connectivity index (χ4v) is 2.30. The lowest BCUT2D eigenvalue weighted by atomic mass is 10.1. The van der Waals surface area contributed by atoms with Gasteiger partial charge in [0.05, 0.1) is 0 Å². The molecule has 0 amide bonds. The molecule has 2 heteroatoms. The van der Waals surface area contributed by atoms with Crippen LogP contribution in [-0.2, 0) is 0 Å². The average Bonchev–Trinajstić information content (AvgIpc) is 3.14. The van der Waals surface area contributed by atoms with Gasteiger partial charge >= 0.3 is 0 Å². The molecule has 0 heterocycles. The van der Waals surface area contributed by atoms with Gasteiger partial charge in [0.15, 0.2) is 0 Å². The van der Waals surface area contributed by atoms with Gasteiger partial charge in [-0.3, -0.25) is 0 Å². The summed E-state index contributed by atoms with van der Waals surface area (Å²) in [7, 11) is 0. The summed E-state index contributed by atoms with van der Waals surface area (Å²) in [5.41, 5.74) is 1.49. The van der Waals surface area contributed by atoms with Crippen molar-refractivity contribution >= 4 is 0 Å². The highest BCUT2D eigenvalue weighted by Gasteiger charge is 2.37. The highest BCUT2D eigenvalue weighted by molar-refractivity contribution is 5.27. The minimum Gasteiger partial charge on any atom is -0.317 e. The van der Waals surface area contributed by atoms with Crippen molar-refractivity contribution < 1.29 is 0 Å². The minimum atomic E-state index is 0.710. The molecule has 1 aromatic carbocycles. The highest BCUT2D eigenvalue weighted by atomic mass is 15.0. The summed E-state index contributed by atoms with van der Waals surface area (Å²) in [6.07, 6.45) is 1.30. The number of nitrogens with one attached hydrogen (secondary N) is 2. The largest absolute Gasteiger partial charge is 0.317 e. The quantitative estimate of drug-likeness (QED) is 0.754. The Labute approximate surface area is 105 Å². The van der Waals surface area contributed by atoms with Crippen molar-refractivity contribution in [3.05, 3.63) is 35.9 Å². The van der Waals surface area contributed by atoms with Crippen molar-refractivity contribution in [2.75, 3.05) is 19.6 Å². The van der Waals surface area contributed by atoms with Crippen LogP contribution in [0.25, 0.3) is 0 Å². The lowest BCUT2D eigenvalue weighted by molar-refractivity contribution is 0.475. The van der Waals surface area contributed by atoms with Crippen LogP contribution >= 0.6 is 0 Å². The van der Waals surface area contributed by atoms with Gasteiger partial charge < -0.3 is 10.6 Å². The fourth-order valence-electron chi connectivity index (χ4n) is 2.30. The van der Waals surface area contributed by atoms with Crippen LogP contribution in [0.4, 0.5) is 0 Å². The van der Waals surface area contributed by atoms with Gasteiger partial charge in [-0.15, -0.1) is 0 Å². The maximum absolute atomic E-state index is 3.67. The molecule has 94 valence electrons. The van der Waals surface area contributed by atoms with Gasteiger partial charge in [0.1, 0.15) is 0 Å². The predicted octanol–water partition coefficient (Wildman–Crippen LogP) is 2.38. The third kappa shape index (κ3) is 3.83. The molecule has 17 heavy (non-hydrogen) atoms. The molecule has 2 nitrogen and oxygen atoms in total. The zero-order valence-electron chi connectivity index (χ0n) is 10.9. The number of rotatable bonds is 7. The van der Waals surface area contributed by atoms with E-state index < -0.39 is 0 Å². The topological polar surface area (TPSA) is 24.1 Å². The van der Waals surface area contributed by atoms with Crippen LogP contribution in [0.1, 0.15) is 31.7 Å². The molecule has 1 saturated carbocycles. The molecule has 3 unspecified atom stereocenters. The normalized spacial score (nSPS) is 24.6. The van der Waals surface area contributed by atoms with Crippen LogP contribution in [0.15, 0.2) is 30.3 Å². The first-order valence-electron chi connectivity index (χ1n) is 6.80. The van der Waals surface area contributed by atoms with E-state index in [0.29, 0.717) is 12.0 Å². The van der Waals surface area contributed by atoms with Crippen molar-refractivity contribution in [2.24, 2.45) is 5.92 Å². The molecule has 0 spiro atoms. The van der Waals surface area contributed by atoms with E-state index in [2.05, 4.69) is 54.8 Å². The third-order valence-corrected chi connectivity index (χ3v) is 3.49. The number of hydrogen-bond donors (Lipinski definition) is 2. The molecule has 3 atom stereocenters. The second-order valence-electron chi connectivity index (χ2n) is 5.18. The van der Waals surface area contributed by atoms with Crippen molar-refractivity contribution in [2.45, 2.75) is 32.2 Å². The van der Waals surface area contributed by atoms with Crippen molar-refractivity contribution in [1.29, 1.82) is 0 Å². The molecule has 0 aliphatic heterocycles. The monoisotopic (exact) mass is 232 g/mol. The number of hydrogen-bond acceptors (Lipinski definition) is 2. The van der Waals surface area contributed by atoms with Gasteiger partial charge in [-0.1, -0.05) is 44.2 Å². The second-order valence-corrected chi connectivity index (χ2v) is 5.18. The predicted molar refractivity (Wildman–Crippen MR) is 73.3 cm³/mol. The molecule has 1 aromatic rings. The Hall–Kier alpha value is -0.860. The standard InChI is InChI=1S/C15H24N2/c1-3-16-10-12(2)11-17-15-9-14(15)13-7-5-4-6-8-13/h4-8,12,14-17H,3,9-11H2,1-2H3. The van der Waals surface area contributed by atoms with Gasteiger partial charge in [-0.2, -0.15) is 0 Å². The van der Waals surface area contributed by atoms with Crippen LogP contribution in [0.3, 0.4) is 0 Å². The molecule has 0 saturated heterocycles. The van der Waals surface area contributed by atoms with E-state index in [1.54, 1.807) is 0 Å². The van der Waals surface area contributed by atoms with E-state index in [1.165, 1.54) is 12.0 Å². The zero-order chi connectivity index (χ0) is 12.1. The van der Waals surface area contributed by atoms with E-state index >= 15 is 0 Å². The molecular weight excluding hydrogens is 208 g/mol. The van der Waals surface area contributed by atoms with E-state index in [9.17, 15) is 0 Å². The van der Waals surface area contributed by atoms with Gasteiger partial charge in [0.2, 0.25) is 0 Å². The minimum absolute atomic E-state index is 0.710. The zero-order valence-corrected chi connectivity index (χ0v) is 10.9. The molecule has 0 aromatic heterocycles. The smallest absolute Gasteiger partial charge is 0.0143 e. The van der Waals surface area contributed by atoms with Gasteiger partial charge in [-0.25, -0.2) is 0 Å². The van der Waals surface area contributed by atoms with Crippen molar-refractivity contribution in [1.82, 2.24) is 10.6 Å². The van der Waals surface area contributed by atoms with Crippen molar-refractivity contribution in [3.63, 3.8) is 0 Å². The Bertz CT molecular complexity index is 323. The molecule has 1 aliphatic rings. The SMILES string of the molecule is CCNCC(C)CNC1CC1c1ccccc1. The molecule has 0 bridgehead atoms. The van der Waals surface area contributed by atoms with Gasteiger partial charge in [0, 0.05) is 12.0 Å².